The number of rotatable bonds is 6. The van der Waals surface area contributed by atoms with E-state index in [1.165, 1.54) is 6.20 Å². The predicted molar refractivity (Wildman–Crippen MR) is 101 cm³/mol. The quantitative estimate of drug-likeness (QED) is 0.507. The zero-order chi connectivity index (χ0) is 19.1. The molecule has 6 nitrogen and oxygen atoms in total. The van der Waals surface area contributed by atoms with E-state index in [1.807, 2.05) is 18.2 Å². The highest BCUT2D eigenvalue weighted by molar-refractivity contribution is 6.32. The van der Waals surface area contributed by atoms with Crippen LogP contribution in [0.2, 0.25) is 5.15 Å². The molecule has 0 aliphatic rings. The van der Waals surface area contributed by atoms with Crippen LogP contribution in [0.4, 0.5) is 5.69 Å². The lowest BCUT2D eigenvalue weighted by Crippen LogP contribution is -2.21. The van der Waals surface area contributed by atoms with Gasteiger partial charge in [0, 0.05) is 6.20 Å². The fourth-order valence-corrected chi connectivity index (χ4v) is 2.36. The summed E-state index contributed by atoms with van der Waals surface area (Å²) in [4.78, 5) is 27.9. The summed E-state index contributed by atoms with van der Waals surface area (Å²) in [6, 6.07) is 18.9. The summed E-state index contributed by atoms with van der Waals surface area (Å²) in [5.74, 6) is -0.0196. The highest BCUT2D eigenvalue weighted by Gasteiger charge is 2.12. The standard InChI is InChI=1S/C20H15ClN2O4/c21-19-17(10-5-11-22-19)23-18(24)13-26-20(25)14-6-4-9-16(12-14)27-15-7-2-1-3-8-15/h1-12H,13H2,(H,23,24). The van der Waals surface area contributed by atoms with Gasteiger partial charge in [0.2, 0.25) is 0 Å². The summed E-state index contributed by atoms with van der Waals surface area (Å²) < 4.78 is 10.7. The van der Waals surface area contributed by atoms with E-state index >= 15 is 0 Å². The van der Waals surface area contributed by atoms with Crippen molar-refractivity contribution in [3.63, 3.8) is 0 Å². The summed E-state index contributed by atoms with van der Waals surface area (Å²) in [5.41, 5.74) is 0.620. The largest absolute Gasteiger partial charge is 0.457 e. The van der Waals surface area contributed by atoms with Crippen molar-refractivity contribution >= 4 is 29.2 Å². The van der Waals surface area contributed by atoms with Crippen molar-refractivity contribution in [3.05, 3.63) is 83.6 Å². The molecule has 0 fully saturated rings. The molecule has 3 rings (SSSR count). The van der Waals surface area contributed by atoms with E-state index < -0.39 is 18.5 Å². The van der Waals surface area contributed by atoms with E-state index in [2.05, 4.69) is 10.3 Å². The molecule has 0 aliphatic heterocycles. The average molecular weight is 383 g/mol. The van der Waals surface area contributed by atoms with Crippen LogP contribution in [0.5, 0.6) is 11.5 Å². The van der Waals surface area contributed by atoms with Gasteiger partial charge in [0.05, 0.1) is 11.3 Å². The molecular weight excluding hydrogens is 368 g/mol. The lowest BCUT2D eigenvalue weighted by molar-refractivity contribution is -0.119. The first-order valence-corrected chi connectivity index (χ1v) is 8.40. The van der Waals surface area contributed by atoms with Crippen LogP contribution in [0.25, 0.3) is 0 Å². The third-order valence-corrected chi connectivity index (χ3v) is 3.72. The Kier molecular flexibility index (Phi) is 6.02. The number of carbonyl (C=O) groups is 2. The van der Waals surface area contributed by atoms with E-state index in [9.17, 15) is 9.59 Å². The van der Waals surface area contributed by atoms with Gasteiger partial charge in [-0.1, -0.05) is 35.9 Å². The van der Waals surface area contributed by atoms with Gasteiger partial charge < -0.3 is 14.8 Å². The van der Waals surface area contributed by atoms with Crippen molar-refractivity contribution in [2.24, 2.45) is 0 Å². The van der Waals surface area contributed by atoms with Crippen LogP contribution in [0.1, 0.15) is 10.4 Å². The van der Waals surface area contributed by atoms with E-state index in [0.29, 0.717) is 17.2 Å². The number of nitrogens with zero attached hydrogens (tertiary/aromatic N) is 1. The number of amides is 1. The maximum Gasteiger partial charge on any atom is 0.338 e. The Hall–Kier alpha value is -3.38. The Morgan fingerprint density at radius 2 is 1.74 bits per heavy atom. The maximum atomic E-state index is 12.2. The van der Waals surface area contributed by atoms with Crippen LogP contribution < -0.4 is 10.1 Å². The molecule has 0 bridgehead atoms. The normalized spacial score (nSPS) is 10.1. The second kappa shape index (κ2) is 8.82. The van der Waals surface area contributed by atoms with Crippen molar-refractivity contribution < 1.29 is 19.1 Å². The Morgan fingerprint density at radius 1 is 0.963 bits per heavy atom. The highest BCUT2D eigenvalue weighted by Crippen LogP contribution is 2.22. The molecule has 0 atom stereocenters. The lowest BCUT2D eigenvalue weighted by atomic mass is 10.2. The van der Waals surface area contributed by atoms with Crippen molar-refractivity contribution in [2.45, 2.75) is 0 Å². The predicted octanol–water partition coefficient (Wildman–Crippen LogP) is 4.32. The molecular formula is C20H15ClN2O4. The number of aromatic nitrogens is 1. The minimum atomic E-state index is -0.638. The molecule has 27 heavy (non-hydrogen) atoms. The number of nitrogens with one attached hydrogen (secondary N) is 1. The second-order valence-electron chi connectivity index (χ2n) is 5.41. The van der Waals surface area contributed by atoms with E-state index in [0.717, 1.165) is 0 Å². The smallest absolute Gasteiger partial charge is 0.338 e. The third-order valence-electron chi connectivity index (χ3n) is 3.42. The zero-order valence-electron chi connectivity index (χ0n) is 14.1. The van der Waals surface area contributed by atoms with Crippen LogP contribution in [-0.2, 0) is 9.53 Å². The van der Waals surface area contributed by atoms with Crippen molar-refractivity contribution in [1.82, 2.24) is 4.98 Å². The molecule has 0 saturated carbocycles. The van der Waals surface area contributed by atoms with Crippen LogP contribution in [0, 0.1) is 0 Å². The van der Waals surface area contributed by atoms with E-state index in [1.54, 1.807) is 48.5 Å². The van der Waals surface area contributed by atoms with E-state index in [4.69, 9.17) is 21.1 Å². The number of anilines is 1. The summed E-state index contributed by atoms with van der Waals surface area (Å²) in [6.45, 7) is -0.451. The number of halogens is 1. The molecule has 7 heteroatoms. The monoisotopic (exact) mass is 382 g/mol. The number of hydrogen-bond donors (Lipinski definition) is 1. The van der Waals surface area contributed by atoms with Gasteiger partial charge in [-0.3, -0.25) is 4.79 Å². The fraction of sp³-hybridized carbons (Fsp3) is 0.0500. The number of ether oxygens (including phenoxy) is 2. The third kappa shape index (κ3) is 5.29. The number of benzene rings is 2. The number of para-hydroxylation sites is 1. The average Bonchev–Trinajstić information content (AvgIpc) is 2.69. The van der Waals surface area contributed by atoms with Gasteiger partial charge in [0.1, 0.15) is 11.5 Å². The zero-order valence-corrected chi connectivity index (χ0v) is 14.8. The minimum absolute atomic E-state index is 0.155. The summed E-state index contributed by atoms with van der Waals surface area (Å²) in [6.07, 6.45) is 1.50. The number of hydrogen-bond acceptors (Lipinski definition) is 5. The molecule has 3 aromatic rings. The lowest BCUT2D eigenvalue weighted by Gasteiger charge is -2.09. The van der Waals surface area contributed by atoms with Crippen LogP contribution >= 0.6 is 11.6 Å². The summed E-state index contributed by atoms with van der Waals surface area (Å²) in [7, 11) is 0. The van der Waals surface area contributed by atoms with Gasteiger partial charge in [-0.15, -0.1) is 0 Å². The van der Waals surface area contributed by atoms with Crippen LogP contribution in [0.15, 0.2) is 72.9 Å². The molecule has 1 heterocycles. The molecule has 0 spiro atoms. The van der Waals surface area contributed by atoms with Crippen molar-refractivity contribution in [3.8, 4) is 11.5 Å². The number of carbonyl (C=O) groups excluding carboxylic acids is 2. The number of pyridine rings is 1. The van der Waals surface area contributed by atoms with Gasteiger partial charge in [-0.25, -0.2) is 9.78 Å². The highest BCUT2D eigenvalue weighted by atomic mass is 35.5. The number of esters is 1. The van der Waals surface area contributed by atoms with Gasteiger partial charge in [0.15, 0.2) is 11.8 Å². The first kappa shape index (κ1) is 18.4. The first-order valence-electron chi connectivity index (χ1n) is 8.02. The Labute approximate surface area is 160 Å². The van der Waals surface area contributed by atoms with Crippen molar-refractivity contribution in [2.75, 3.05) is 11.9 Å². The molecule has 1 amide bonds. The summed E-state index contributed by atoms with van der Waals surface area (Å²) in [5, 5.41) is 2.68. The Balaban J connectivity index is 1.57. The van der Waals surface area contributed by atoms with E-state index in [-0.39, 0.29) is 10.7 Å². The van der Waals surface area contributed by atoms with Gasteiger partial charge in [-0.2, -0.15) is 0 Å². The molecule has 1 aromatic heterocycles. The Bertz CT molecular complexity index is 947. The molecule has 1 N–H and O–H groups in total. The molecule has 0 saturated heterocycles. The van der Waals surface area contributed by atoms with Gasteiger partial charge in [-0.05, 0) is 42.5 Å². The van der Waals surface area contributed by atoms with Crippen LogP contribution in [0.3, 0.4) is 0 Å². The summed E-state index contributed by atoms with van der Waals surface area (Å²) >= 11 is 5.86. The molecule has 136 valence electrons. The van der Waals surface area contributed by atoms with Gasteiger partial charge >= 0.3 is 5.97 Å². The minimum Gasteiger partial charge on any atom is -0.457 e. The molecule has 0 radical (unpaired) electrons. The topological polar surface area (TPSA) is 77.5 Å². The molecule has 0 unspecified atom stereocenters. The van der Waals surface area contributed by atoms with Crippen molar-refractivity contribution in [1.29, 1.82) is 0 Å². The van der Waals surface area contributed by atoms with Crippen LogP contribution in [-0.4, -0.2) is 23.5 Å². The Morgan fingerprint density at radius 3 is 2.52 bits per heavy atom. The first-order chi connectivity index (χ1) is 13.1. The maximum absolute atomic E-state index is 12.2. The molecule has 2 aromatic carbocycles. The fourth-order valence-electron chi connectivity index (χ4n) is 2.19. The SMILES string of the molecule is O=C(COC(=O)c1cccc(Oc2ccccc2)c1)Nc1cccnc1Cl. The molecule has 0 aliphatic carbocycles. The van der Waals surface area contributed by atoms with Gasteiger partial charge in [0.25, 0.3) is 5.91 Å². The second-order valence-corrected chi connectivity index (χ2v) is 5.77.